The normalized spacial score (nSPS) is 13.7. The number of rotatable bonds is 5. The lowest BCUT2D eigenvalue weighted by molar-refractivity contribution is -0.386. The van der Waals surface area contributed by atoms with Gasteiger partial charge in [-0.15, -0.1) is 0 Å². The predicted molar refractivity (Wildman–Crippen MR) is 65.1 cm³/mol. The van der Waals surface area contributed by atoms with Crippen LogP contribution in [0.15, 0.2) is 18.2 Å². The number of ether oxygens (including phenoxy) is 1. The van der Waals surface area contributed by atoms with E-state index in [0.717, 1.165) is 0 Å². The van der Waals surface area contributed by atoms with E-state index in [1.54, 1.807) is 19.1 Å². The molecule has 0 aliphatic carbocycles. The molecule has 1 rings (SSSR count). The molecule has 0 aliphatic rings. The quantitative estimate of drug-likeness (QED) is 0.584. The van der Waals surface area contributed by atoms with Crippen LogP contribution in [0.2, 0.25) is 0 Å². The zero-order chi connectivity index (χ0) is 13.9. The molecule has 18 heavy (non-hydrogen) atoms. The Morgan fingerprint density at radius 3 is 2.67 bits per heavy atom. The van der Waals surface area contributed by atoms with Crippen LogP contribution < -0.4 is 16.2 Å². The van der Waals surface area contributed by atoms with Gasteiger partial charge in [0.15, 0.2) is 5.75 Å². The van der Waals surface area contributed by atoms with Crippen LogP contribution in [0.3, 0.4) is 0 Å². The summed E-state index contributed by atoms with van der Waals surface area (Å²) < 4.78 is 5.29. The van der Waals surface area contributed by atoms with Crippen LogP contribution in [0.25, 0.3) is 0 Å². The predicted octanol–water partition coefficient (Wildman–Crippen LogP) is 0.485. The summed E-state index contributed by atoms with van der Waals surface area (Å²) in [5.41, 5.74) is 9.74. The molecule has 0 aromatic heterocycles. The standard InChI is InChI=1S/C11H15N3O4/c1-7-4-3-5-8(14(16)17)9(7)18-6-11(2,13)10(12)15/h3-5H,6,13H2,1-2H3,(H2,12,15). The number of para-hydroxylation sites is 1. The number of aryl methyl sites for hydroxylation is 1. The number of amides is 1. The first-order valence-corrected chi connectivity index (χ1v) is 5.21. The van der Waals surface area contributed by atoms with Gasteiger partial charge in [-0.3, -0.25) is 14.9 Å². The Balaban J connectivity index is 2.98. The Morgan fingerprint density at radius 1 is 1.56 bits per heavy atom. The van der Waals surface area contributed by atoms with Crippen LogP contribution in [0.1, 0.15) is 12.5 Å². The summed E-state index contributed by atoms with van der Waals surface area (Å²) in [7, 11) is 0. The maximum atomic E-state index is 11.0. The molecule has 98 valence electrons. The number of nitrogens with two attached hydrogens (primary N) is 2. The summed E-state index contributed by atoms with van der Waals surface area (Å²) >= 11 is 0. The molecule has 7 nitrogen and oxygen atoms in total. The van der Waals surface area contributed by atoms with Crippen LogP contribution in [0, 0.1) is 17.0 Å². The molecule has 0 saturated heterocycles. The molecule has 1 aromatic carbocycles. The molecular formula is C11H15N3O4. The van der Waals surface area contributed by atoms with Crippen molar-refractivity contribution in [2.45, 2.75) is 19.4 Å². The minimum absolute atomic E-state index is 0.0976. The Labute approximate surface area is 104 Å². The summed E-state index contributed by atoms with van der Waals surface area (Å²) in [6, 6.07) is 4.54. The average molecular weight is 253 g/mol. The van der Waals surface area contributed by atoms with E-state index in [9.17, 15) is 14.9 Å². The van der Waals surface area contributed by atoms with Crippen LogP contribution in [-0.2, 0) is 4.79 Å². The molecule has 0 aliphatic heterocycles. The number of carbonyl (C=O) groups excluding carboxylic acids is 1. The number of nitro benzene ring substituents is 1. The number of hydrogen-bond donors (Lipinski definition) is 2. The molecule has 0 bridgehead atoms. The Kier molecular flexibility index (Phi) is 3.87. The van der Waals surface area contributed by atoms with Crippen molar-refractivity contribution in [3.05, 3.63) is 33.9 Å². The van der Waals surface area contributed by atoms with E-state index in [1.807, 2.05) is 0 Å². The van der Waals surface area contributed by atoms with Gasteiger partial charge in [0.25, 0.3) is 0 Å². The molecule has 0 saturated carbocycles. The molecule has 0 fully saturated rings. The van der Waals surface area contributed by atoms with Gasteiger partial charge < -0.3 is 16.2 Å². The van der Waals surface area contributed by atoms with Crippen molar-refractivity contribution < 1.29 is 14.5 Å². The summed E-state index contributed by atoms with van der Waals surface area (Å²) in [4.78, 5) is 21.3. The van der Waals surface area contributed by atoms with E-state index in [2.05, 4.69) is 0 Å². The van der Waals surface area contributed by atoms with E-state index < -0.39 is 16.4 Å². The first kappa shape index (κ1) is 13.9. The lowest BCUT2D eigenvalue weighted by Crippen LogP contribution is -2.53. The highest BCUT2D eigenvalue weighted by Gasteiger charge is 2.28. The van der Waals surface area contributed by atoms with Gasteiger partial charge in [0.1, 0.15) is 12.1 Å². The summed E-state index contributed by atoms with van der Waals surface area (Å²) in [5, 5.41) is 10.8. The van der Waals surface area contributed by atoms with Crippen LogP contribution in [-0.4, -0.2) is 23.0 Å². The summed E-state index contributed by atoms with van der Waals surface area (Å²) in [5.74, 6) is -0.640. The zero-order valence-electron chi connectivity index (χ0n) is 10.2. The van der Waals surface area contributed by atoms with Gasteiger partial charge in [0.2, 0.25) is 5.91 Å². The van der Waals surface area contributed by atoms with Crippen LogP contribution in [0.5, 0.6) is 5.75 Å². The molecule has 7 heteroatoms. The minimum Gasteiger partial charge on any atom is -0.484 e. The largest absolute Gasteiger partial charge is 0.484 e. The number of carbonyl (C=O) groups is 1. The zero-order valence-corrected chi connectivity index (χ0v) is 10.2. The van der Waals surface area contributed by atoms with E-state index in [-0.39, 0.29) is 18.0 Å². The smallest absolute Gasteiger partial charge is 0.311 e. The van der Waals surface area contributed by atoms with Crippen molar-refractivity contribution in [2.24, 2.45) is 11.5 Å². The third-order valence-corrected chi connectivity index (χ3v) is 2.47. The fraction of sp³-hybridized carbons (Fsp3) is 0.364. The van der Waals surface area contributed by atoms with Gasteiger partial charge >= 0.3 is 5.69 Å². The van der Waals surface area contributed by atoms with Gasteiger partial charge in [-0.2, -0.15) is 0 Å². The molecule has 0 spiro atoms. The summed E-state index contributed by atoms with van der Waals surface area (Å²) in [6.45, 7) is 2.84. The SMILES string of the molecule is Cc1cccc([N+](=O)[O-])c1OCC(C)(N)C(N)=O. The van der Waals surface area contributed by atoms with Crippen molar-refractivity contribution in [1.29, 1.82) is 0 Å². The molecule has 1 amide bonds. The van der Waals surface area contributed by atoms with Crippen molar-refractivity contribution >= 4 is 11.6 Å². The Morgan fingerprint density at radius 2 is 2.17 bits per heavy atom. The maximum Gasteiger partial charge on any atom is 0.311 e. The highest BCUT2D eigenvalue weighted by Crippen LogP contribution is 2.30. The minimum atomic E-state index is -1.38. The molecule has 1 unspecified atom stereocenters. The number of hydrogen-bond acceptors (Lipinski definition) is 5. The van der Waals surface area contributed by atoms with Crippen LogP contribution in [0.4, 0.5) is 5.69 Å². The van der Waals surface area contributed by atoms with Crippen LogP contribution >= 0.6 is 0 Å². The van der Waals surface area contributed by atoms with Crippen molar-refractivity contribution in [3.63, 3.8) is 0 Å². The highest BCUT2D eigenvalue weighted by molar-refractivity contribution is 5.84. The van der Waals surface area contributed by atoms with Gasteiger partial charge in [0, 0.05) is 6.07 Å². The number of primary amides is 1. The molecule has 4 N–H and O–H groups in total. The monoisotopic (exact) mass is 253 g/mol. The van der Waals surface area contributed by atoms with E-state index >= 15 is 0 Å². The highest BCUT2D eigenvalue weighted by atomic mass is 16.6. The second kappa shape index (κ2) is 5.01. The van der Waals surface area contributed by atoms with E-state index in [4.69, 9.17) is 16.2 Å². The third kappa shape index (κ3) is 2.95. The maximum absolute atomic E-state index is 11.0. The Bertz CT molecular complexity index is 485. The van der Waals surface area contributed by atoms with Crippen molar-refractivity contribution in [3.8, 4) is 5.75 Å². The molecular weight excluding hydrogens is 238 g/mol. The average Bonchev–Trinajstić information content (AvgIpc) is 2.26. The van der Waals surface area contributed by atoms with Gasteiger partial charge in [-0.05, 0) is 19.4 Å². The number of benzene rings is 1. The molecule has 1 aromatic rings. The second-order valence-corrected chi connectivity index (χ2v) is 4.25. The molecule has 0 radical (unpaired) electrons. The number of nitro groups is 1. The Hall–Kier alpha value is -2.15. The van der Waals surface area contributed by atoms with Gasteiger partial charge in [-0.25, -0.2) is 0 Å². The first-order valence-electron chi connectivity index (χ1n) is 5.21. The van der Waals surface area contributed by atoms with Crippen molar-refractivity contribution in [2.75, 3.05) is 6.61 Å². The lowest BCUT2D eigenvalue weighted by Gasteiger charge is -2.21. The van der Waals surface area contributed by atoms with Gasteiger partial charge in [0.05, 0.1) is 4.92 Å². The second-order valence-electron chi connectivity index (χ2n) is 4.25. The number of nitrogens with zero attached hydrogens (tertiary/aromatic N) is 1. The fourth-order valence-electron chi connectivity index (χ4n) is 1.26. The third-order valence-electron chi connectivity index (χ3n) is 2.47. The lowest BCUT2D eigenvalue weighted by atomic mass is 10.1. The van der Waals surface area contributed by atoms with Gasteiger partial charge in [-0.1, -0.05) is 12.1 Å². The van der Waals surface area contributed by atoms with E-state index in [1.165, 1.54) is 13.0 Å². The first-order chi connectivity index (χ1) is 8.25. The summed E-state index contributed by atoms with van der Waals surface area (Å²) in [6.07, 6.45) is 0. The van der Waals surface area contributed by atoms with Crippen molar-refractivity contribution in [1.82, 2.24) is 0 Å². The molecule has 0 heterocycles. The topological polar surface area (TPSA) is 121 Å². The van der Waals surface area contributed by atoms with E-state index in [0.29, 0.717) is 5.56 Å². The molecule has 1 atom stereocenters. The fourth-order valence-corrected chi connectivity index (χ4v) is 1.26.